The first kappa shape index (κ1) is 27.5. The fourth-order valence-corrected chi connectivity index (χ4v) is 3.14. The molecule has 0 saturated carbocycles. The molecule has 6 N–H and O–H groups in total. The molecule has 2 amide bonds. The van der Waals surface area contributed by atoms with Crippen LogP contribution >= 0.6 is 0 Å². The van der Waals surface area contributed by atoms with Crippen molar-refractivity contribution in [1.29, 1.82) is 0 Å². The van der Waals surface area contributed by atoms with Crippen LogP contribution in [0.15, 0.2) is 4.99 Å². The van der Waals surface area contributed by atoms with E-state index in [0.29, 0.717) is 32.2 Å². The number of hydrogen-bond donors (Lipinski definition) is 4. The van der Waals surface area contributed by atoms with Crippen LogP contribution in [0.3, 0.4) is 0 Å². The van der Waals surface area contributed by atoms with E-state index in [-0.39, 0.29) is 41.8 Å². The monoisotopic (exact) mass is 425 g/mol. The van der Waals surface area contributed by atoms with Crippen molar-refractivity contribution in [3.05, 3.63) is 0 Å². The second-order valence-electron chi connectivity index (χ2n) is 8.59. The molecule has 0 unspecified atom stereocenters. The average molecular weight is 426 g/mol. The summed E-state index contributed by atoms with van der Waals surface area (Å²) in [5.74, 6) is -0.986. The fourth-order valence-electron chi connectivity index (χ4n) is 3.14. The molecule has 0 aliphatic carbocycles. The lowest BCUT2D eigenvalue weighted by atomic mass is 9.91. The van der Waals surface area contributed by atoms with Gasteiger partial charge in [0.15, 0.2) is 11.7 Å². The minimum absolute atomic E-state index is 0.0106. The van der Waals surface area contributed by atoms with Gasteiger partial charge in [-0.15, -0.1) is 0 Å². The number of aldehydes is 1. The number of amides is 2. The Morgan fingerprint density at radius 2 is 1.53 bits per heavy atom. The third-order valence-electron chi connectivity index (χ3n) is 4.50. The van der Waals surface area contributed by atoms with Gasteiger partial charge < -0.3 is 26.9 Å². The van der Waals surface area contributed by atoms with Gasteiger partial charge >= 0.3 is 0 Å². The van der Waals surface area contributed by atoms with Gasteiger partial charge in [0.05, 0.1) is 6.04 Å². The summed E-state index contributed by atoms with van der Waals surface area (Å²) in [4.78, 5) is 52.4. The fraction of sp³-hybridized carbons (Fsp3) is 0.762. The number of nitrogens with one attached hydrogen (secondary N) is 2. The molecule has 0 aliphatic rings. The number of carbonyl (C=O) groups excluding carboxylic acids is 4. The number of nitrogens with zero attached hydrogens (tertiary/aromatic N) is 1. The van der Waals surface area contributed by atoms with Crippen molar-refractivity contribution in [1.82, 2.24) is 10.6 Å². The number of nitrogens with two attached hydrogens (primary N) is 2. The highest BCUT2D eigenvalue weighted by molar-refractivity contribution is 5.93. The largest absolute Gasteiger partial charge is 0.370 e. The van der Waals surface area contributed by atoms with E-state index < -0.39 is 18.0 Å². The second kappa shape index (κ2) is 14.5. The average Bonchev–Trinajstić information content (AvgIpc) is 2.61. The molecule has 0 aromatic rings. The minimum atomic E-state index is -0.707. The van der Waals surface area contributed by atoms with Crippen LogP contribution in [0.2, 0.25) is 0 Å². The Morgan fingerprint density at radius 3 is 2.00 bits per heavy atom. The van der Waals surface area contributed by atoms with Crippen molar-refractivity contribution < 1.29 is 19.2 Å². The van der Waals surface area contributed by atoms with Crippen LogP contribution in [0.1, 0.15) is 66.7 Å². The molecule has 9 nitrogen and oxygen atoms in total. The molecule has 0 saturated heterocycles. The smallest absolute Gasteiger partial charge is 0.243 e. The number of rotatable bonds is 15. The maximum atomic E-state index is 12.9. The van der Waals surface area contributed by atoms with Gasteiger partial charge in [-0.05, 0) is 37.5 Å². The van der Waals surface area contributed by atoms with Gasteiger partial charge in [0, 0.05) is 25.8 Å². The summed E-state index contributed by atoms with van der Waals surface area (Å²) < 4.78 is 0. The molecule has 0 spiro atoms. The van der Waals surface area contributed by atoms with Crippen LogP contribution in [-0.2, 0) is 19.2 Å². The van der Waals surface area contributed by atoms with E-state index in [1.807, 2.05) is 27.7 Å². The first-order valence-corrected chi connectivity index (χ1v) is 10.6. The number of ketones is 1. The predicted molar refractivity (Wildman–Crippen MR) is 118 cm³/mol. The van der Waals surface area contributed by atoms with Crippen molar-refractivity contribution >= 4 is 29.8 Å². The number of Topliss-reactive ketones (excluding diaryl/α,β-unsaturated/α-hetero) is 1. The number of aliphatic imine (C=N–C) groups is 1. The zero-order valence-electron chi connectivity index (χ0n) is 18.9. The van der Waals surface area contributed by atoms with Gasteiger partial charge in [-0.3, -0.25) is 19.4 Å². The van der Waals surface area contributed by atoms with Gasteiger partial charge in [-0.1, -0.05) is 27.7 Å². The first-order chi connectivity index (χ1) is 14.0. The van der Waals surface area contributed by atoms with Crippen molar-refractivity contribution in [2.45, 2.75) is 78.8 Å². The van der Waals surface area contributed by atoms with Gasteiger partial charge in [0.25, 0.3) is 0 Å². The van der Waals surface area contributed by atoms with Gasteiger partial charge in [-0.25, -0.2) is 0 Å². The van der Waals surface area contributed by atoms with E-state index in [2.05, 4.69) is 15.6 Å². The summed E-state index contributed by atoms with van der Waals surface area (Å²) in [6.07, 6.45) is 2.79. The maximum Gasteiger partial charge on any atom is 0.243 e. The molecular formula is C21H39N5O4. The normalized spacial score (nSPS) is 14.0. The third-order valence-corrected chi connectivity index (χ3v) is 4.50. The summed E-state index contributed by atoms with van der Waals surface area (Å²) in [5.41, 5.74) is 10.6. The molecule has 9 heteroatoms. The molecular weight excluding hydrogens is 386 g/mol. The SMILES string of the molecule is CC(=O)N[C@@H](CC(C)C)C(=O)N[C@@H](CC(C)C)C(=O)C[C@H](C=O)CCCN=C(N)N. The number of carbonyl (C=O) groups is 4. The van der Waals surface area contributed by atoms with E-state index >= 15 is 0 Å². The second-order valence-corrected chi connectivity index (χ2v) is 8.59. The van der Waals surface area contributed by atoms with Crippen molar-refractivity contribution in [3.8, 4) is 0 Å². The topological polar surface area (TPSA) is 157 Å². The van der Waals surface area contributed by atoms with Gasteiger partial charge in [-0.2, -0.15) is 0 Å². The molecule has 3 atom stereocenters. The highest BCUT2D eigenvalue weighted by atomic mass is 16.2. The molecule has 30 heavy (non-hydrogen) atoms. The van der Waals surface area contributed by atoms with Crippen molar-refractivity contribution in [2.24, 2.45) is 34.2 Å². The maximum absolute atomic E-state index is 12.9. The van der Waals surface area contributed by atoms with E-state index in [4.69, 9.17) is 11.5 Å². The summed E-state index contributed by atoms with van der Waals surface area (Å²) in [7, 11) is 0. The summed E-state index contributed by atoms with van der Waals surface area (Å²) in [6, 6.07) is -1.41. The molecule has 0 heterocycles. The van der Waals surface area contributed by atoms with Crippen LogP contribution in [0.4, 0.5) is 0 Å². The number of guanidine groups is 1. The standard InChI is InChI=1S/C21H39N5O4/c1-13(2)9-17(26-20(30)18(10-14(3)4)25-15(5)28)19(29)11-16(12-27)7-6-8-24-21(22)23/h12-14,16-18H,6-11H2,1-5H3,(H,25,28)(H,26,30)(H4,22,23,24)/t16-,17+,18+/m1/s1. The Kier molecular flexibility index (Phi) is 13.3. The highest BCUT2D eigenvalue weighted by Crippen LogP contribution is 2.15. The molecule has 0 rings (SSSR count). The molecule has 0 fully saturated rings. The highest BCUT2D eigenvalue weighted by Gasteiger charge is 2.28. The van der Waals surface area contributed by atoms with Gasteiger partial charge in [0.2, 0.25) is 11.8 Å². The Balaban J connectivity index is 5.10. The third kappa shape index (κ3) is 12.9. The zero-order chi connectivity index (χ0) is 23.3. The lowest BCUT2D eigenvalue weighted by Gasteiger charge is -2.25. The van der Waals surface area contributed by atoms with Crippen LogP contribution in [0.5, 0.6) is 0 Å². The predicted octanol–water partition coefficient (Wildman–Crippen LogP) is 0.896. The number of hydrogen-bond acceptors (Lipinski definition) is 5. The summed E-state index contributed by atoms with van der Waals surface area (Å²) in [5, 5.41) is 5.45. The van der Waals surface area contributed by atoms with E-state index in [0.717, 1.165) is 6.29 Å². The molecule has 0 aromatic heterocycles. The van der Waals surface area contributed by atoms with E-state index in [1.54, 1.807) is 0 Å². The Labute approximate surface area is 179 Å². The summed E-state index contributed by atoms with van der Waals surface area (Å²) >= 11 is 0. The Bertz CT molecular complexity index is 600. The lowest BCUT2D eigenvalue weighted by molar-refractivity contribution is -0.132. The Morgan fingerprint density at radius 1 is 0.967 bits per heavy atom. The molecule has 0 bridgehead atoms. The Hall–Kier alpha value is -2.45. The van der Waals surface area contributed by atoms with Crippen molar-refractivity contribution in [3.63, 3.8) is 0 Å². The first-order valence-electron chi connectivity index (χ1n) is 10.6. The zero-order valence-corrected chi connectivity index (χ0v) is 18.9. The van der Waals surface area contributed by atoms with Crippen LogP contribution in [0.25, 0.3) is 0 Å². The molecule has 0 aliphatic heterocycles. The quantitative estimate of drug-likeness (QED) is 0.132. The van der Waals surface area contributed by atoms with Crippen LogP contribution in [0, 0.1) is 17.8 Å². The summed E-state index contributed by atoms with van der Waals surface area (Å²) in [6.45, 7) is 9.57. The molecule has 0 radical (unpaired) electrons. The molecule has 0 aromatic carbocycles. The van der Waals surface area contributed by atoms with E-state index in [9.17, 15) is 19.2 Å². The lowest BCUT2D eigenvalue weighted by Crippen LogP contribution is -2.52. The molecule has 172 valence electrons. The van der Waals surface area contributed by atoms with Crippen LogP contribution in [-0.4, -0.2) is 48.5 Å². The van der Waals surface area contributed by atoms with Crippen molar-refractivity contribution in [2.75, 3.05) is 6.54 Å². The van der Waals surface area contributed by atoms with Crippen LogP contribution < -0.4 is 22.1 Å². The minimum Gasteiger partial charge on any atom is -0.370 e. The van der Waals surface area contributed by atoms with Gasteiger partial charge in [0.1, 0.15) is 12.3 Å². The van der Waals surface area contributed by atoms with E-state index in [1.165, 1.54) is 6.92 Å².